The molecule has 27 heavy (non-hydrogen) atoms. The van der Waals surface area contributed by atoms with Crippen LogP contribution in [0.4, 0.5) is 0 Å². The number of hydrogen-bond acceptors (Lipinski definition) is 5. The second kappa shape index (κ2) is 7.05. The van der Waals surface area contributed by atoms with Crippen LogP contribution in [0.2, 0.25) is 0 Å². The van der Waals surface area contributed by atoms with Crippen molar-refractivity contribution < 1.29 is 14.3 Å². The van der Waals surface area contributed by atoms with Gasteiger partial charge in [-0.2, -0.15) is 5.26 Å². The number of methoxy groups -OCH3 is 2. The largest absolute Gasteiger partial charge is 0.493 e. The van der Waals surface area contributed by atoms with Crippen molar-refractivity contribution in [2.45, 2.75) is 39.5 Å². The fourth-order valence-electron chi connectivity index (χ4n) is 4.02. The molecule has 1 aliphatic heterocycles. The second-order valence-electron chi connectivity index (χ2n) is 7.78. The first kappa shape index (κ1) is 19.5. The predicted molar refractivity (Wildman–Crippen MR) is 106 cm³/mol. The van der Waals surface area contributed by atoms with Gasteiger partial charge in [-0.3, -0.25) is 4.79 Å². The molecule has 6 heteroatoms. The number of nitriles is 1. The summed E-state index contributed by atoms with van der Waals surface area (Å²) in [6.07, 6.45) is 1.24. The molecule has 5 nitrogen and oxygen atoms in total. The number of nitrogens with one attached hydrogen (secondary N) is 1. The quantitative estimate of drug-likeness (QED) is 0.758. The van der Waals surface area contributed by atoms with Gasteiger partial charge in [-0.15, -0.1) is 0 Å². The first-order valence-electron chi connectivity index (χ1n) is 8.78. The molecule has 142 valence electrons. The summed E-state index contributed by atoms with van der Waals surface area (Å²) in [6.45, 7) is 6.08. The van der Waals surface area contributed by atoms with Gasteiger partial charge in [0.2, 0.25) is 0 Å². The fourth-order valence-corrected chi connectivity index (χ4v) is 4.64. The van der Waals surface area contributed by atoms with Gasteiger partial charge in [0.05, 0.1) is 36.3 Å². The average molecular weight is 431 g/mol. The molecule has 0 saturated heterocycles. The van der Waals surface area contributed by atoms with Crippen molar-refractivity contribution in [1.29, 1.82) is 5.26 Å². The van der Waals surface area contributed by atoms with Crippen molar-refractivity contribution in [2.75, 3.05) is 14.2 Å². The molecule has 0 aromatic heterocycles. The molecule has 1 aliphatic carbocycles. The summed E-state index contributed by atoms with van der Waals surface area (Å²) in [5, 5.41) is 13.1. The third-order valence-corrected chi connectivity index (χ3v) is 5.74. The molecular formula is C21H23BrN2O3. The van der Waals surface area contributed by atoms with Crippen LogP contribution in [0.5, 0.6) is 11.5 Å². The van der Waals surface area contributed by atoms with Gasteiger partial charge in [-0.25, -0.2) is 0 Å². The lowest BCUT2D eigenvalue weighted by Gasteiger charge is -2.38. The number of rotatable bonds is 3. The van der Waals surface area contributed by atoms with Crippen LogP contribution >= 0.6 is 15.9 Å². The minimum atomic E-state index is -0.411. The van der Waals surface area contributed by atoms with Crippen LogP contribution in [0.1, 0.15) is 45.1 Å². The van der Waals surface area contributed by atoms with Gasteiger partial charge in [-0.05, 0) is 52.4 Å². The number of ether oxygens (including phenoxy) is 2. The van der Waals surface area contributed by atoms with E-state index in [9.17, 15) is 10.1 Å². The van der Waals surface area contributed by atoms with Gasteiger partial charge in [0.15, 0.2) is 17.3 Å². The maximum atomic E-state index is 13.1. The molecule has 1 N–H and O–H groups in total. The number of carbonyl (C=O) groups excluding carboxylic acids is 1. The molecule has 1 aromatic rings. The zero-order valence-electron chi connectivity index (χ0n) is 16.2. The van der Waals surface area contributed by atoms with E-state index in [0.29, 0.717) is 29.1 Å². The van der Waals surface area contributed by atoms with Crippen LogP contribution in [0.3, 0.4) is 0 Å². The molecule has 0 fully saturated rings. The van der Waals surface area contributed by atoms with Crippen LogP contribution in [0, 0.1) is 16.7 Å². The Kier molecular flexibility index (Phi) is 5.09. The van der Waals surface area contributed by atoms with Crippen molar-refractivity contribution in [3.05, 3.63) is 44.7 Å². The number of ketones is 1. The van der Waals surface area contributed by atoms with Crippen LogP contribution in [0.15, 0.2) is 39.1 Å². The highest BCUT2D eigenvalue weighted by Gasteiger charge is 2.41. The van der Waals surface area contributed by atoms with Crippen molar-refractivity contribution in [3.63, 3.8) is 0 Å². The van der Waals surface area contributed by atoms with Crippen molar-refractivity contribution in [1.82, 2.24) is 5.32 Å². The molecule has 1 heterocycles. The van der Waals surface area contributed by atoms with Crippen molar-refractivity contribution >= 4 is 21.7 Å². The Morgan fingerprint density at radius 2 is 1.96 bits per heavy atom. The average Bonchev–Trinajstić information content (AvgIpc) is 2.58. The zero-order chi connectivity index (χ0) is 19.9. The number of allylic oxidation sites excluding steroid dienone is 4. The Morgan fingerprint density at radius 1 is 1.26 bits per heavy atom. The Hall–Kier alpha value is -2.26. The Balaban J connectivity index is 2.23. The minimum Gasteiger partial charge on any atom is -0.493 e. The maximum Gasteiger partial charge on any atom is 0.174 e. The number of hydrogen-bond donors (Lipinski definition) is 1. The standard InChI is InChI=1S/C21H23BrN2O3/c1-11-13(10-23)18(12-6-14(22)20(27-5)17(7-12)26-4)19-15(24-11)8-21(2,3)9-16(19)25/h6-7,18,24H,8-9H2,1-5H3/t18-/m1/s1. The van der Waals surface area contributed by atoms with Crippen molar-refractivity contribution in [2.24, 2.45) is 5.41 Å². The maximum absolute atomic E-state index is 13.1. The first-order chi connectivity index (χ1) is 12.7. The van der Waals surface area contributed by atoms with Gasteiger partial charge in [0.1, 0.15) is 0 Å². The number of halogens is 1. The summed E-state index contributed by atoms with van der Waals surface area (Å²) in [4.78, 5) is 13.1. The molecule has 0 unspecified atom stereocenters. The first-order valence-corrected chi connectivity index (χ1v) is 9.57. The molecule has 0 spiro atoms. The smallest absolute Gasteiger partial charge is 0.174 e. The Morgan fingerprint density at radius 3 is 2.56 bits per heavy atom. The lowest BCUT2D eigenvalue weighted by atomic mass is 9.69. The molecule has 0 bridgehead atoms. The van der Waals surface area contributed by atoms with E-state index in [0.717, 1.165) is 27.9 Å². The number of nitrogens with zero attached hydrogens (tertiary/aromatic N) is 1. The van der Waals surface area contributed by atoms with Gasteiger partial charge in [0, 0.05) is 23.4 Å². The predicted octanol–water partition coefficient (Wildman–Crippen LogP) is 4.59. The van der Waals surface area contributed by atoms with E-state index >= 15 is 0 Å². The van der Waals surface area contributed by atoms with E-state index in [4.69, 9.17) is 9.47 Å². The van der Waals surface area contributed by atoms with Gasteiger partial charge >= 0.3 is 0 Å². The Labute approximate surface area is 168 Å². The zero-order valence-corrected chi connectivity index (χ0v) is 17.8. The summed E-state index contributed by atoms with van der Waals surface area (Å²) in [5.41, 5.74) is 3.69. The molecular weight excluding hydrogens is 408 g/mol. The fraction of sp³-hybridized carbons (Fsp3) is 0.429. The monoisotopic (exact) mass is 430 g/mol. The van der Waals surface area contributed by atoms with Crippen LogP contribution < -0.4 is 14.8 Å². The molecule has 0 radical (unpaired) electrons. The molecule has 3 rings (SSSR count). The third kappa shape index (κ3) is 3.37. The highest BCUT2D eigenvalue weighted by atomic mass is 79.9. The van der Waals surface area contributed by atoms with E-state index in [1.165, 1.54) is 0 Å². The van der Waals surface area contributed by atoms with Gasteiger partial charge in [-0.1, -0.05) is 13.8 Å². The molecule has 2 aliphatic rings. The summed E-state index contributed by atoms with van der Waals surface area (Å²) in [7, 11) is 3.15. The third-order valence-electron chi connectivity index (χ3n) is 5.15. The Bertz CT molecular complexity index is 922. The number of benzene rings is 1. The molecule has 0 saturated carbocycles. The summed E-state index contributed by atoms with van der Waals surface area (Å²) in [5.74, 6) is 0.816. The number of carbonyl (C=O) groups is 1. The normalized spacial score (nSPS) is 21.4. The van der Waals surface area contributed by atoms with Crippen LogP contribution in [-0.4, -0.2) is 20.0 Å². The second-order valence-corrected chi connectivity index (χ2v) is 8.63. The minimum absolute atomic E-state index is 0.0879. The van der Waals surface area contributed by atoms with Crippen molar-refractivity contribution in [3.8, 4) is 17.6 Å². The summed E-state index contributed by atoms with van der Waals surface area (Å²) in [6, 6.07) is 6.06. The van der Waals surface area contributed by atoms with Crippen LogP contribution in [-0.2, 0) is 4.79 Å². The summed E-state index contributed by atoms with van der Waals surface area (Å²) >= 11 is 3.52. The van der Waals surface area contributed by atoms with Crippen LogP contribution in [0.25, 0.3) is 0 Å². The highest BCUT2D eigenvalue weighted by molar-refractivity contribution is 9.10. The topological polar surface area (TPSA) is 71.3 Å². The van der Waals surface area contributed by atoms with E-state index in [1.54, 1.807) is 14.2 Å². The summed E-state index contributed by atoms with van der Waals surface area (Å²) < 4.78 is 11.6. The molecule has 1 aromatic carbocycles. The number of dihydropyridines is 1. The lowest BCUT2D eigenvalue weighted by molar-refractivity contribution is -0.118. The van der Waals surface area contributed by atoms with Gasteiger partial charge < -0.3 is 14.8 Å². The van der Waals surface area contributed by atoms with E-state index in [-0.39, 0.29) is 11.2 Å². The van der Waals surface area contributed by atoms with E-state index < -0.39 is 5.92 Å². The SMILES string of the molecule is COc1cc([C@@H]2C(C#N)=C(C)NC3=C2C(=O)CC(C)(C)C3)cc(Br)c1OC. The molecule has 1 atom stereocenters. The van der Waals surface area contributed by atoms with Gasteiger partial charge in [0.25, 0.3) is 0 Å². The van der Waals surface area contributed by atoms with E-state index in [2.05, 4.69) is 41.2 Å². The highest BCUT2D eigenvalue weighted by Crippen LogP contribution is 2.48. The molecule has 0 amide bonds. The number of Topliss-reactive ketones (excluding diaryl/α,β-unsaturated/α-hetero) is 1. The lowest BCUT2D eigenvalue weighted by Crippen LogP contribution is -2.36. The van der Waals surface area contributed by atoms with E-state index in [1.807, 2.05) is 19.1 Å².